The quantitative estimate of drug-likeness (QED) is 0.866. The Morgan fingerprint density at radius 2 is 2.10 bits per heavy atom. The molecule has 3 fully saturated rings. The molecule has 1 amide bonds. The highest BCUT2D eigenvalue weighted by atomic mass is 16.5. The molecule has 7 nitrogen and oxygen atoms in total. The molecule has 1 aromatic rings. The Labute approximate surface area is 122 Å². The van der Waals surface area contributed by atoms with E-state index < -0.39 is 0 Å². The van der Waals surface area contributed by atoms with Gasteiger partial charge in [0.25, 0.3) is 0 Å². The zero-order chi connectivity index (χ0) is 14.2. The van der Waals surface area contributed by atoms with Crippen LogP contribution in [0.1, 0.15) is 50.3 Å². The van der Waals surface area contributed by atoms with Crippen molar-refractivity contribution >= 4 is 11.9 Å². The van der Waals surface area contributed by atoms with E-state index in [2.05, 4.69) is 20.8 Å². The van der Waals surface area contributed by atoms with Crippen LogP contribution in [-0.4, -0.2) is 40.9 Å². The van der Waals surface area contributed by atoms with Crippen molar-refractivity contribution in [3.63, 3.8) is 0 Å². The Morgan fingerprint density at radius 3 is 2.86 bits per heavy atom. The highest BCUT2D eigenvalue weighted by molar-refractivity contribution is 5.77. The first-order valence-corrected chi connectivity index (χ1v) is 7.80. The lowest BCUT2D eigenvalue weighted by atomic mass is 9.92. The molecule has 0 aromatic carbocycles. The summed E-state index contributed by atoms with van der Waals surface area (Å²) in [5.74, 6) is 1.27. The van der Waals surface area contributed by atoms with Gasteiger partial charge in [0.05, 0.1) is 18.2 Å². The number of carbonyl (C=O) groups is 1. The standard InChI is InChI=1S/C14H20N4O3/c19-11-6-5-9(12(16-11)10-2-1-7-20-10)15-14-18-17-13(21-14)8-3-4-8/h8-10,12H,1-7H2,(H,15,18)(H,16,19)/t9-,10?,12-/m0/s1. The highest BCUT2D eigenvalue weighted by Crippen LogP contribution is 2.39. The molecule has 1 saturated carbocycles. The number of carbonyl (C=O) groups excluding carboxylic acids is 1. The van der Waals surface area contributed by atoms with Gasteiger partial charge in [-0.3, -0.25) is 4.79 Å². The molecule has 0 spiro atoms. The van der Waals surface area contributed by atoms with Gasteiger partial charge in [-0.2, -0.15) is 0 Å². The van der Waals surface area contributed by atoms with Gasteiger partial charge in [-0.1, -0.05) is 5.10 Å². The summed E-state index contributed by atoms with van der Waals surface area (Å²) >= 11 is 0. The summed E-state index contributed by atoms with van der Waals surface area (Å²) in [4.78, 5) is 11.7. The van der Waals surface area contributed by atoms with Crippen LogP contribution < -0.4 is 10.6 Å². The Bertz CT molecular complexity index is 522. The maximum Gasteiger partial charge on any atom is 0.315 e. The molecule has 21 heavy (non-hydrogen) atoms. The van der Waals surface area contributed by atoms with Gasteiger partial charge < -0.3 is 19.8 Å². The van der Waals surface area contributed by atoms with Crippen molar-refractivity contribution in [1.29, 1.82) is 0 Å². The van der Waals surface area contributed by atoms with Gasteiger partial charge in [0.1, 0.15) is 0 Å². The lowest BCUT2D eigenvalue weighted by molar-refractivity contribution is -0.124. The second-order valence-corrected chi connectivity index (χ2v) is 6.15. The monoisotopic (exact) mass is 292 g/mol. The van der Waals surface area contributed by atoms with Crippen LogP contribution >= 0.6 is 0 Å². The van der Waals surface area contributed by atoms with Crippen molar-refractivity contribution in [3.8, 4) is 0 Å². The molecule has 3 atom stereocenters. The van der Waals surface area contributed by atoms with Crippen LogP contribution in [0.25, 0.3) is 0 Å². The zero-order valence-corrected chi connectivity index (χ0v) is 11.9. The first-order chi connectivity index (χ1) is 10.3. The highest BCUT2D eigenvalue weighted by Gasteiger charge is 2.38. The molecular formula is C14H20N4O3. The van der Waals surface area contributed by atoms with Crippen molar-refractivity contribution in [3.05, 3.63) is 5.89 Å². The third kappa shape index (κ3) is 2.74. The molecule has 0 bridgehead atoms. The summed E-state index contributed by atoms with van der Waals surface area (Å²) in [7, 11) is 0. The molecule has 1 aromatic heterocycles. The van der Waals surface area contributed by atoms with Crippen molar-refractivity contribution in [2.45, 2.75) is 62.6 Å². The lowest BCUT2D eigenvalue weighted by Crippen LogP contribution is -2.56. The van der Waals surface area contributed by atoms with E-state index in [1.165, 1.54) is 0 Å². The average Bonchev–Trinajstić information content (AvgIpc) is 3.01. The van der Waals surface area contributed by atoms with Crippen molar-refractivity contribution in [2.75, 3.05) is 11.9 Å². The number of anilines is 1. The van der Waals surface area contributed by atoms with E-state index in [1.54, 1.807) is 0 Å². The number of rotatable bonds is 4. The smallest absolute Gasteiger partial charge is 0.315 e. The van der Waals surface area contributed by atoms with Gasteiger partial charge in [-0.25, -0.2) is 0 Å². The molecule has 1 unspecified atom stereocenters. The number of ether oxygens (including phenoxy) is 1. The van der Waals surface area contributed by atoms with Crippen LogP contribution in [0.4, 0.5) is 6.01 Å². The number of amides is 1. The Morgan fingerprint density at radius 1 is 1.19 bits per heavy atom. The van der Waals surface area contributed by atoms with Crippen molar-refractivity contribution < 1.29 is 13.9 Å². The van der Waals surface area contributed by atoms with E-state index in [0.717, 1.165) is 44.6 Å². The molecule has 7 heteroatoms. The fourth-order valence-corrected chi connectivity index (χ4v) is 3.17. The first-order valence-electron chi connectivity index (χ1n) is 7.80. The van der Waals surface area contributed by atoms with Gasteiger partial charge in [0.2, 0.25) is 11.8 Å². The number of piperidine rings is 1. The molecule has 2 N–H and O–H groups in total. The maximum atomic E-state index is 11.7. The van der Waals surface area contributed by atoms with E-state index in [4.69, 9.17) is 9.15 Å². The van der Waals surface area contributed by atoms with Gasteiger partial charge >= 0.3 is 6.01 Å². The number of aromatic nitrogens is 2. The maximum absolute atomic E-state index is 11.7. The molecule has 2 saturated heterocycles. The third-order valence-electron chi connectivity index (χ3n) is 4.49. The van der Waals surface area contributed by atoms with Gasteiger partial charge in [-0.05, 0) is 32.1 Å². The van der Waals surface area contributed by atoms with Crippen LogP contribution in [0.15, 0.2) is 4.42 Å². The molecule has 3 heterocycles. The van der Waals surface area contributed by atoms with E-state index in [1.807, 2.05) is 0 Å². The summed E-state index contributed by atoms with van der Waals surface area (Å²) in [6, 6.07) is 0.518. The average molecular weight is 292 g/mol. The van der Waals surface area contributed by atoms with E-state index in [-0.39, 0.29) is 24.1 Å². The zero-order valence-electron chi connectivity index (χ0n) is 11.9. The van der Waals surface area contributed by atoms with E-state index >= 15 is 0 Å². The number of nitrogens with zero attached hydrogens (tertiary/aromatic N) is 2. The SMILES string of the molecule is O=C1CC[C@H](Nc2nnc(C3CC3)o2)[C@@H](C2CCCO2)N1. The number of nitrogens with one attached hydrogen (secondary N) is 2. The molecule has 4 rings (SSSR count). The van der Waals surface area contributed by atoms with Crippen LogP contribution in [-0.2, 0) is 9.53 Å². The van der Waals surface area contributed by atoms with Crippen molar-refractivity contribution in [1.82, 2.24) is 15.5 Å². The van der Waals surface area contributed by atoms with E-state index in [9.17, 15) is 4.79 Å². The van der Waals surface area contributed by atoms with Crippen LogP contribution in [0.2, 0.25) is 0 Å². The first kappa shape index (κ1) is 13.1. The number of hydrogen-bond donors (Lipinski definition) is 2. The normalized spacial score (nSPS) is 33.0. The Balaban J connectivity index is 1.46. The molecule has 114 valence electrons. The largest absolute Gasteiger partial charge is 0.408 e. The predicted octanol–water partition coefficient (Wildman–Crippen LogP) is 1.19. The molecule has 3 aliphatic rings. The second-order valence-electron chi connectivity index (χ2n) is 6.15. The fraction of sp³-hybridized carbons (Fsp3) is 0.786. The van der Waals surface area contributed by atoms with Gasteiger partial charge in [0, 0.05) is 18.9 Å². The minimum Gasteiger partial charge on any atom is -0.408 e. The van der Waals surface area contributed by atoms with Crippen LogP contribution in [0.5, 0.6) is 0 Å². The predicted molar refractivity (Wildman–Crippen MR) is 73.8 cm³/mol. The third-order valence-corrected chi connectivity index (χ3v) is 4.49. The number of hydrogen-bond acceptors (Lipinski definition) is 6. The Hall–Kier alpha value is -1.63. The van der Waals surface area contributed by atoms with Crippen LogP contribution in [0, 0.1) is 0 Å². The minimum absolute atomic E-state index is 0.0231. The Kier molecular flexibility index (Phi) is 3.29. The van der Waals surface area contributed by atoms with E-state index in [0.29, 0.717) is 18.4 Å². The minimum atomic E-state index is -0.0231. The summed E-state index contributed by atoms with van der Waals surface area (Å²) < 4.78 is 11.4. The van der Waals surface area contributed by atoms with Gasteiger partial charge in [-0.15, -0.1) is 5.10 Å². The summed E-state index contributed by atoms with van der Waals surface area (Å²) in [6.07, 6.45) is 5.68. The molecule has 1 aliphatic carbocycles. The molecule has 2 aliphatic heterocycles. The molecular weight excluding hydrogens is 272 g/mol. The van der Waals surface area contributed by atoms with Crippen LogP contribution in [0.3, 0.4) is 0 Å². The summed E-state index contributed by atoms with van der Waals surface area (Å²) in [5, 5.41) is 14.5. The fourth-order valence-electron chi connectivity index (χ4n) is 3.17. The van der Waals surface area contributed by atoms with Gasteiger partial charge in [0.15, 0.2) is 0 Å². The lowest BCUT2D eigenvalue weighted by Gasteiger charge is -2.35. The van der Waals surface area contributed by atoms with Crippen molar-refractivity contribution in [2.24, 2.45) is 0 Å². The summed E-state index contributed by atoms with van der Waals surface area (Å²) in [5.41, 5.74) is 0. The second kappa shape index (κ2) is 5.29. The molecule has 0 radical (unpaired) electrons. The summed E-state index contributed by atoms with van der Waals surface area (Å²) in [6.45, 7) is 0.774. The topological polar surface area (TPSA) is 89.3 Å².